The monoisotopic (exact) mass is 243 g/mol. The minimum Gasteiger partial charge on any atom is -0.480 e. The Morgan fingerprint density at radius 3 is 2.82 bits per heavy atom. The van der Waals surface area contributed by atoms with Gasteiger partial charge in [-0.25, -0.2) is 4.79 Å². The molecule has 0 aromatic carbocycles. The summed E-state index contributed by atoms with van der Waals surface area (Å²) in [6, 6.07) is -0.849. The van der Waals surface area contributed by atoms with E-state index >= 15 is 0 Å². The van der Waals surface area contributed by atoms with Gasteiger partial charge in [0.1, 0.15) is 0 Å². The summed E-state index contributed by atoms with van der Waals surface area (Å²) in [5.74, 6) is -1.15. The fraction of sp³-hybridized carbons (Fsp3) is 0.818. The Balaban J connectivity index is 1.93. The first-order valence-corrected chi connectivity index (χ1v) is 5.90. The van der Waals surface area contributed by atoms with Gasteiger partial charge in [-0.3, -0.25) is 4.79 Å². The molecule has 2 fully saturated rings. The molecular formula is C11H17NO5. The minimum atomic E-state index is -1.01. The number of nitrogens with zero attached hydrogens (tertiary/aromatic N) is 1. The number of carboxylic acids is 1. The van der Waals surface area contributed by atoms with Crippen LogP contribution in [0.4, 0.5) is 0 Å². The van der Waals surface area contributed by atoms with Gasteiger partial charge in [-0.1, -0.05) is 0 Å². The number of aliphatic carboxylic acids is 1. The first kappa shape index (κ1) is 12.3. The molecule has 6 heteroatoms. The third-order valence-electron chi connectivity index (χ3n) is 3.16. The highest BCUT2D eigenvalue weighted by molar-refractivity contribution is 5.84. The number of rotatable bonds is 3. The molecule has 6 nitrogen and oxygen atoms in total. The summed E-state index contributed by atoms with van der Waals surface area (Å²) < 4.78 is 10.5. The molecule has 2 aliphatic heterocycles. The number of ether oxygens (including phenoxy) is 2. The Bertz CT molecular complexity index is 300. The molecule has 96 valence electrons. The van der Waals surface area contributed by atoms with E-state index in [0.717, 1.165) is 12.8 Å². The van der Waals surface area contributed by atoms with Crippen LogP contribution in [-0.2, 0) is 19.1 Å². The van der Waals surface area contributed by atoms with Crippen molar-refractivity contribution in [3.63, 3.8) is 0 Å². The summed E-state index contributed by atoms with van der Waals surface area (Å²) >= 11 is 0. The van der Waals surface area contributed by atoms with E-state index < -0.39 is 12.0 Å². The van der Waals surface area contributed by atoms with Crippen molar-refractivity contribution in [2.24, 2.45) is 0 Å². The maximum Gasteiger partial charge on any atom is 0.328 e. The van der Waals surface area contributed by atoms with Crippen molar-refractivity contribution in [2.75, 3.05) is 26.4 Å². The third kappa shape index (κ3) is 2.95. The van der Waals surface area contributed by atoms with Gasteiger partial charge in [-0.05, 0) is 12.8 Å². The molecule has 2 rings (SSSR count). The number of amides is 1. The van der Waals surface area contributed by atoms with Crippen LogP contribution in [0.3, 0.4) is 0 Å². The van der Waals surface area contributed by atoms with E-state index in [0.29, 0.717) is 19.8 Å². The molecule has 1 N–H and O–H groups in total. The van der Waals surface area contributed by atoms with Crippen LogP contribution < -0.4 is 0 Å². The van der Waals surface area contributed by atoms with Crippen LogP contribution in [0.15, 0.2) is 0 Å². The molecule has 0 saturated carbocycles. The lowest BCUT2D eigenvalue weighted by Crippen LogP contribution is -2.53. The first-order valence-electron chi connectivity index (χ1n) is 5.90. The predicted molar refractivity (Wildman–Crippen MR) is 57.5 cm³/mol. The van der Waals surface area contributed by atoms with E-state index in [4.69, 9.17) is 14.6 Å². The molecule has 2 unspecified atom stereocenters. The zero-order valence-electron chi connectivity index (χ0n) is 9.63. The Hall–Kier alpha value is -1.14. The Morgan fingerprint density at radius 2 is 2.18 bits per heavy atom. The number of carbonyl (C=O) groups excluding carboxylic acids is 1. The molecule has 0 aliphatic carbocycles. The number of carbonyl (C=O) groups is 2. The molecule has 2 heterocycles. The van der Waals surface area contributed by atoms with Gasteiger partial charge in [-0.2, -0.15) is 0 Å². The maximum atomic E-state index is 12.0. The number of hydrogen-bond donors (Lipinski definition) is 1. The van der Waals surface area contributed by atoms with E-state index in [-0.39, 0.29) is 25.0 Å². The van der Waals surface area contributed by atoms with Crippen LogP contribution in [-0.4, -0.2) is 60.4 Å². The van der Waals surface area contributed by atoms with Crippen molar-refractivity contribution >= 4 is 11.9 Å². The van der Waals surface area contributed by atoms with Gasteiger partial charge in [0, 0.05) is 13.2 Å². The largest absolute Gasteiger partial charge is 0.480 e. The van der Waals surface area contributed by atoms with Gasteiger partial charge in [0.05, 0.1) is 25.7 Å². The second-order valence-electron chi connectivity index (χ2n) is 4.36. The summed E-state index contributed by atoms with van der Waals surface area (Å²) in [5.41, 5.74) is 0. The van der Waals surface area contributed by atoms with Gasteiger partial charge in [0.2, 0.25) is 5.91 Å². The molecule has 0 spiro atoms. The lowest BCUT2D eigenvalue weighted by atomic mass is 10.1. The van der Waals surface area contributed by atoms with Crippen LogP contribution in [0.25, 0.3) is 0 Å². The molecule has 1 amide bonds. The van der Waals surface area contributed by atoms with E-state index in [1.165, 1.54) is 4.90 Å². The standard InChI is InChI=1S/C11H17NO5/c13-10(6-8-2-1-4-17-8)12-3-5-16-7-9(12)11(14)15/h8-9H,1-7H2,(H,14,15). The molecular weight excluding hydrogens is 226 g/mol. The predicted octanol–water partition coefficient (Wildman–Crippen LogP) is -0.133. The van der Waals surface area contributed by atoms with E-state index in [1.54, 1.807) is 0 Å². The van der Waals surface area contributed by atoms with Crippen molar-refractivity contribution < 1.29 is 24.2 Å². The van der Waals surface area contributed by atoms with Crippen molar-refractivity contribution in [1.82, 2.24) is 4.90 Å². The lowest BCUT2D eigenvalue weighted by molar-refractivity contribution is -0.159. The summed E-state index contributed by atoms with van der Waals surface area (Å²) in [6.45, 7) is 1.53. The van der Waals surface area contributed by atoms with Crippen LogP contribution in [0, 0.1) is 0 Å². The average molecular weight is 243 g/mol. The summed E-state index contributed by atoms with van der Waals surface area (Å²) in [7, 11) is 0. The van der Waals surface area contributed by atoms with E-state index in [9.17, 15) is 9.59 Å². The summed E-state index contributed by atoms with van der Waals surface area (Å²) in [5, 5.41) is 9.01. The Kier molecular flexibility index (Phi) is 3.96. The molecule has 2 saturated heterocycles. The molecule has 0 aromatic rings. The molecule has 2 aliphatic rings. The molecule has 17 heavy (non-hydrogen) atoms. The van der Waals surface area contributed by atoms with Crippen LogP contribution in [0.2, 0.25) is 0 Å². The number of hydrogen-bond acceptors (Lipinski definition) is 4. The first-order chi connectivity index (χ1) is 8.18. The fourth-order valence-corrected chi connectivity index (χ4v) is 2.22. The highest BCUT2D eigenvalue weighted by Crippen LogP contribution is 2.18. The van der Waals surface area contributed by atoms with Crippen LogP contribution in [0.1, 0.15) is 19.3 Å². The summed E-state index contributed by atoms with van der Waals surface area (Å²) in [4.78, 5) is 24.4. The number of carboxylic acid groups (broad SMARTS) is 1. The van der Waals surface area contributed by atoms with Crippen LogP contribution in [0.5, 0.6) is 0 Å². The van der Waals surface area contributed by atoms with Gasteiger partial charge in [0.25, 0.3) is 0 Å². The fourth-order valence-electron chi connectivity index (χ4n) is 2.22. The van der Waals surface area contributed by atoms with Crippen molar-refractivity contribution in [2.45, 2.75) is 31.4 Å². The summed E-state index contributed by atoms with van der Waals surface area (Å²) in [6.07, 6.45) is 2.10. The van der Waals surface area contributed by atoms with Gasteiger partial charge < -0.3 is 19.5 Å². The highest BCUT2D eigenvalue weighted by Gasteiger charge is 2.34. The highest BCUT2D eigenvalue weighted by atomic mass is 16.5. The normalized spacial score (nSPS) is 29.3. The van der Waals surface area contributed by atoms with Crippen LogP contribution >= 0.6 is 0 Å². The van der Waals surface area contributed by atoms with Crippen molar-refractivity contribution in [3.05, 3.63) is 0 Å². The molecule has 0 radical (unpaired) electrons. The van der Waals surface area contributed by atoms with Gasteiger partial charge in [0.15, 0.2) is 6.04 Å². The zero-order valence-corrected chi connectivity index (χ0v) is 9.63. The van der Waals surface area contributed by atoms with Crippen molar-refractivity contribution in [3.8, 4) is 0 Å². The van der Waals surface area contributed by atoms with Gasteiger partial charge >= 0.3 is 5.97 Å². The minimum absolute atomic E-state index is 0.0419. The smallest absolute Gasteiger partial charge is 0.328 e. The average Bonchev–Trinajstić information content (AvgIpc) is 2.81. The Labute approximate surface area is 99.5 Å². The Morgan fingerprint density at radius 1 is 1.35 bits per heavy atom. The second-order valence-corrected chi connectivity index (χ2v) is 4.36. The number of morpholine rings is 1. The second kappa shape index (κ2) is 5.46. The van der Waals surface area contributed by atoms with Gasteiger partial charge in [-0.15, -0.1) is 0 Å². The zero-order chi connectivity index (χ0) is 12.3. The van der Waals surface area contributed by atoms with E-state index in [1.807, 2.05) is 0 Å². The molecule has 0 aromatic heterocycles. The molecule has 0 bridgehead atoms. The van der Waals surface area contributed by atoms with E-state index in [2.05, 4.69) is 0 Å². The quantitative estimate of drug-likeness (QED) is 0.747. The lowest BCUT2D eigenvalue weighted by Gasteiger charge is -2.33. The topological polar surface area (TPSA) is 76.1 Å². The SMILES string of the molecule is O=C(O)C1COCCN1C(=O)CC1CCCO1. The third-order valence-corrected chi connectivity index (χ3v) is 3.16. The molecule has 2 atom stereocenters. The van der Waals surface area contributed by atoms with Crippen molar-refractivity contribution in [1.29, 1.82) is 0 Å². The maximum absolute atomic E-state index is 12.0.